The van der Waals surface area contributed by atoms with E-state index in [0.717, 1.165) is 4.88 Å². The van der Waals surface area contributed by atoms with Gasteiger partial charge in [0, 0.05) is 5.56 Å². The van der Waals surface area contributed by atoms with Gasteiger partial charge in [-0.15, -0.1) is 11.8 Å². The molecule has 1 heterocycles. The number of rotatable bonds is 2. The van der Waals surface area contributed by atoms with E-state index >= 15 is 0 Å². The second kappa shape index (κ2) is 5.28. The molecule has 1 aromatic heterocycles. The maximum atomic E-state index is 9.18. The average molecular weight is 301 g/mol. The first-order valence-electron chi connectivity index (χ1n) is 4.57. The number of hydrogen-bond acceptors (Lipinski definition) is 4. The Bertz CT molecular complexity index is 582. The molecule has 0 aliphatic rings. The van der Waals surface area contributed by atoms with Gasteiger partial charge in [0.2, 0.25) is 0 Å². The molecule has 0 saturated heterocycles. The fourth-order valence-corrected chi connectivity index (χ4v) is 3.73. The van der Waals surface area contributed by atoms with Crippen LogP contribution in [0.25, 0.3) is 10.4 Å². The van der Waals surface area contributed by atoms with Crippen LogP contribution in [0.1, 0.15) is 5.56 Å². The maximum Gasteiger partial charge on any atom is 0.128 e. The number of benzene rings is 1. The lowest BCUT2D eigenvalue weighted by Gasteiger charge is -2.04. The van der Waals surface area contributed by atoms with Crippen LogP contribution >= 0.6 is 46.5 Å². The molecule has 2 aromatic rings. The van der Waals surface area contributed by atoms with Crippen molar-refractivity contribution >= 4 is 46.5 Å². The van der Waals surface area contributed by atoms with Gasteiger partial charge in [0.05, 0.1) is 14.9 Å². The predicted molar refractivity (Wildman–Crippen MR) is 74.1 cm³/mol. The highest BCUT2D eigenvalue weighted by atomic mass is 35.5. The Morgan fingerprint density at radius 3 is 2.53 bits per heavy atom. The lowest BCUT2D eigenvalue weighted by atomic mass is 10.1. The largest absolute Gasteiger partial charge is 0.192 e. The minimum atomic E-state index is 0.533. The SMILES string of the molecule is CSc1nsc(-c2c(Cl)cccc2Cl)c1C#N. The number of hydrogen-bond donors (Lipinski definition) is 0. The molecule has 2 rings (SSSR count). The zero-order valence-corrected chi connectivity index (χ0v) is 11.8. The summed E-state index contributed by atoms with van der Waals surface area (Å²) in [4.78, 5) is 0.729. The van der Waals surface area contributed by atoms with E-state index in [1.165, 1.54) is 23.3 Å². The molecule has 0 bridgehead atoms. The topological polar surface area (TPSA) is 36.7 Å². The zero-order chi connectivity index (χ0) is 12.4. The normalized spacial score (nSPS) is 10.2. The van der Waals surface area contributed by atoms with Gasteiger partial charge in [-0.2, -0.15) is 9.64 Å². The van der Waals surface area contributed by atoms with Gasteiger partial charge < -0.3 is 0 Å². The van der Waals surface area contributed by atoms with E-state index in [9.17, 15) is 5.26 Å². The summed E-state index contributed by atoms with van der Waals surface area (Å²) in [7, 11) is 0. The second-order valence-electron chi connectivity index (χ2n) is 3.10. The van der Waals surface area contributed by atoms with Crippen molar-refractivity contribution in [1.29, 1.82) is 5.26 Å². The van der Waals surface area contributed by atoms with Gasteiger partial charge in [0.25, 0.3) is 0 Å². The minimum absolute atomic E-state index is 0.533. The van der Waals surface area contributed by atoms with Crippen molar-refractivity contribution in [2.75, 3.05) is 6.26 Å². The minimum Gasteiger partial charge on any atom is -0.192 e. The molecule has 2 nitrogen and oxygen atoms in total. The van der Waals surface area contributed by atoms with Gasteiger partial charge in [-0.05, 0) is 29.9 Å². The summed E-state index contributed by atoms with van der Waals surface area (Å²) in [5.41, 5.74) is 1.22. The summed E-state index contributed by atoms with van der Waals surface area (Å²) in [6.07, 6.45) is 1.88. The van der Waals surface area contributed by atoms with Gasteiger partial charge in [-0.3, -0.25) is 0 Å². The van der Waals surface area contributed by atoms with Crippen molar-refractivity contribution in [3.05, 3.63) is 33.8 Å². The third-order valence-corrected chi connectivity index (χ3v) is 4.45. The molecule has 17 heavy (non-hydrogen) atoms. The Hall–Kier alpha value is -0.730. The third-order valence-electron chi connectivity index (χ3n) is 2.16. The van der Waals surface area contributed by atoms with E-state index in [1.54, 1.807) is 18.2 Å². The molecule has 0 radical (unpaired) electrons. The summed E-state index contributed by atoms with van der Waals surface area (Å²) in [6, 6.07) is 7.44. The molecule has 0 N–H and O–H groups in total. The van der Waals surface area contributed by atoms with Crippen molar-refractivity contribution in [1.82, 2.24) is 4.37 Å². The van der Waals surface area contributed by atoms with E-state index in [-0.39, 0.29) is 0 Å². The highest BCUT2D eigenvalue weighted by molar-refractivity contribution is 7.98. The molecule has 0 fully saturated rings. The summed E-state index contributed by atoms with van der Waals surface area (Å²) in [6.45, 7) is 0. The summed E-state index contributed by atoms with van der Waals surface area (Å²) < 4.78 is 4.23. The van der Waals surface area contributed by atoms with Crippen LogP contribution in [0.2, 0.25) is 10.0 Å². The van der Waals surface area contributed by atoms with Crippen molar-refractivity contribution in [2.24, 2.45) is 0 Å². The number of thioether (sulfide) groups is 1. The fourth-order valence-electron chi connectivity index (χ4n) is 1.40. The van der Waals surface area contributed by atoms with Gasteiger partial charge in [0.15, 0.2) is 0 Å². The second-order valence-corrected chi connectivity index (χ2v) is 5.49. The van der Waals surface area contributed by atoms with Gasteiger partial charge in [0.1, 0.15) is 16.7 Å². The molecule has 6 heteroatoms. The highest BCUT2D eigenvalue weighted by Crippen LogP contribution is 2.41. The summed E-state index contributed by atoms with van der Waals surface area (Å²) >= 11 is 14.9. The number of aromatic nitrogens is 1. The van der Waals surface area contributed by atoms with Crippen LogP contribution in [0.3, 0.4) is 0 Å². The van der Waals surface area contributed by atoms with Crippen molar-refractivity contribution in [2.45, 2.75) is 5.03 Å². The van der Waals surface area contributed by atoms with Crippen molar-refractivity contribution in [3.63, 3.8) is 0 Å². The van der Waals surface area contributed by atoms with E-state index in [1.807, 2.05) is 6.26 Å². The molecule has 0 unspecified atom stereocenters. The lowest BCUT2D eigenvalue weighted by molar-refractivity contribution is 1.26. The van der Waals surface area contributed by atoms with Gasteiger partial charge in [-0.25, -0.2) is 0 Å². The Kier molecular flexibility index (Phi) is 3.95. The maximum absolute atomic E-state index is 9.18. The monoisotopic (exact) mass is 300 g/mol. The number of nitrogens with zero attached hydrogens (tertiary/aromatic N) is 2. The van der Waals surface area contributed by atoms with Crippen LogP contribution in [-0.4, -0.2) is 10.6 Å². The van der Waals surface area contributed by atoms with Crippen LogP contribution in [0.15, 0.2) is 23.2 Å². The average Bonchev–Trinajstić information content (AvgIpc) is 2.71. The molecule has 0 spiro atoms. The van der Waals surface area contributed by atoms with Crippen LogP contribution in [0.5, 0.6) is 0 Å². The molecule has 86 valence electrons. The third kappa shape index (κ3) is 2.29. The summed E-state index contributed by atoms with van der Waals surface area (Å²) in [5, 5.41) is 11.0. The van der Waals surface area contributed by atoms with E-state index in [0.29, 0.717) is 26.2 Å². The number of nitriles is 1. The van der Waals surface area contributed by atoms with Gasteiger partial charge in [-0.1, -0.05) is 29.3 Å². The zero-order valence-electron chi connectivity index (χ0n) is 8.70. The molecule has 0 aliphatic carbocycles. The van der Waals surface area contributed by atoms with Crippen LogP contribution in [0.4, 0.5) is 0 Å². The van der Waals surface area contributed by atoms with Crippen molar-refractivity contribution in [3.8, 4) is 16.5 Å². The predicted octanol–water partition coefficient (Wildman–Crippen LogP) is 4.71. The first-order valence-corrected chi connectivity index (χ1v) is 7.32. The highest BCUT2D eigenvalue weighted by Gasteiger charge is 2.18. The Labute approximate surface area is 117 Å². The van der Waals surface area contributed by atoms with Crippen LogP contribution < -0.4 is 0 Å². The van der Waals surface area contributed by atoms with E-state index < -0.39 is 0 Å². The first-order chi connectivity index (χ1) is 8.19. The first kappa shape index (κ1) is 12.7. The quantitative estimate of drug-likeness (QED) is 0.754. The van der Waals surface area contributed by atoms with Crippen LogP contribution in [-0.2, 0) is 0 Å². The standard InChI is InChI=1S/C11H6Cl2N2S2/c1-16-11-6(5-14)10(17-15-11)9-7(12)3-2-4-8(9)13/h2-4H,1H3. The molecule has 0 amide bonds. The molecule has 0 saturated carbocycles. The molecule has 0 atom stereocenters. The summed E-state index contributed by atoms with van der Waals surface area (Å²) in [5.74, 6) is 0. The van der Waals surface area contributed by atoms with E-state index in [4.69, 9.17) is 23.2 Å². The lowest BCUT2D eigenvalue weighted by Crippen LogP contribution is -1.82. The molecule has 1 aromatic carbocycles. The van der Waals surface area contributed by atoms with E-state index in [2.05, 4.69) is 10.4 Å². The fraction of sp³-hybridized carbons (Fsp3) is 0.0909. The van der Waals surface area contributed by atoms with Gasteiger partial charge >= 0.3 is 0 Å². The number of halogens is 2. The Morgan fingerprint density at radius 1 is 1.35 bits per heavy atom. The molecule has 0 aliphatic heterocycles. The smallest absolute Gasteiger partial charge is 0.128 e. The Balaban J connectivity index is 2.70. The van der Waals surface area contributed by atoms with Crippen LogP contribution in [0, 0.1) is 11.3 Å². The van der Waals surface area contributed by atoms with Crippen molar-refractivity contribution < 1.29 is 0 Å². The molecular formula is C11H6Cl2N2S2. The molecular weight excluding hydrogens is 295 g/mol. The Morgan fingerprint density at radius 2 is 2.00 bits per heavy atom.